The Morgan fingerprint density at radius 2 is 2.12 bits per heavy atom. The highest BCUT2D eigenvalue weighted by Crippen LogP contribution is 2.06. The molecular weight excluding hydrogens is 230 g/mol. The van der Waals surface area contributed by atoms with Gasteiger partial charge in [-0.2, -0.15) is 4.98 Å². The van der Waals surface area contributed by atoms with E-state index in [-0.39, 0.29) is 18.2 Å². The molecule has 0 amide bonds. The number of nitrogen functional groups attached to an aromatic ring is 1. The maximum Gasteiger partial charge on any atom is 0.222 e. The van der Waals surface area contributed by atoms with Gasteiger partial charge in [-0.15, -0.1) is 0 Å². The highest BCUT2D eigenvalue weighted by atomic mass is 32.2. The summed E-state index contributed by atoms with van der Waals surface area (Å²) in [6, 6.07) is 1.70. The molecule has 1 aromatic heterocycles. The molecule has 0 saturated heterocycles. The summed E-state index contributed by atoms with van der Waals surface area (Å²) in [5, 5.41) is 2.87. The van der Waals surface area contributed by atoms with Gasteiger partial charge in [-0.3, -0.25) is 0 Å². The zero-order valence-corrected chi connectivity index (χ0v) is 10.0. The third kappa shape index (κ3) is 3.99. The standard InChI is InChI=1S/C8H15N5O2S/c1-6-5-7(13-8(9)12-6)11-3-4-16(14,15)10-2/h5,10H,3-4H2,1-2H3,(H3,9,11,12,13). The molecule has 0 spiro atoms. The molecule has 7 nitrogen and oxygen atoms in total. The van der Waals surface area contributed by atoms with Crippen molar-refractivity contribution >= 4 is 21.8 Å². The minimum atomic E-state index is -3.20. The van der Waals surface area contributed by atoms with Crippen LogP contribution in [0.25, 0.3) is 0 Å². The highest BCUT2D eigenvalue weighted by molar-refractivity contribution is 7.89. The van der Waals surface area contributed by atoms with Crippen LogP contribution in [-0.2, 0) is 10.0 Å². The van der Waals surface area contributed by atoms with E-state index in [0.717, 1.165) is 5.69 Å². The Balaban J connectivity index is 2.55. The fourth-order valence-corrected chi connectivity index (χ4v) is 1.67. The van der Waals surface area contributed by atoms with E-state index in [9.17, 15) is 8.42 Å². The van der Waals surface area contributed by atoms with Gasteiger partial charge in [-0.25, -0.2) is 18.1 Å². The lowest BCUT2D eigenvalue weighted by Gasteiger charge is -2.06. The summed E-state index contributed by atoms with van der Waals surface area (Å²) in [4.78, 5) is 7.82. The molecular formula is C8H15N5O2S. The number of rotatable bonds is 5. The van der Waals surface area contributed by atoms with E-state index in [1.165, 1.54) is 7.05 Å². The van der Waals surface area contributed by atoms with Gasteiger partial charge in [0.25, 0.3) is 0 Å². The first-order chi connectivity index (χ1) is 7.43. The van der Waals surface area contributed by atoms with Crippen molar-refractivity contribution < 1.29 is 8.42 Å². The number of anilines is 2. The number of hydrogen-bond acceptors (Lipinski definition) is 6. The van der Waals surface area contributed by atoms with Gasteiger partial charge in [0.1, 0.15) is 5.82 Å². The Bertz CT molecular complexity index is 439. The fourth-order valence-electron chi connectivity index (χ4n) is 1.10. The van der Waals surface area contributed by atoms with Crippen LogP contribution in [0.2, 0.25) is 0 Å². The summed E-state index contributed by atoms with van der Waals surface area (Å²) >= 11 is 0. The normalized spacial score (nSPS) is 11.4. The van der Waals surface area contributed by atoms with Gasteiger partial charge >= 0.3 is 0 Å². The fraction of sp³-hybridized carbons (Fsp3) is 0.500. The van der Waals surface area contributed by atoms with Crippen LogP contribution in [0.3, 0.4) is 0 Å². The van der Waals surface area contributed by atoms with E-state index < -0.39 is 10.0 Å². The summed E-state index contributed by atoms with van der Waals surface area (Å²) in [5.41, 5.74) is 6.18. The van der Waals surface area contributed by atoms with Crippen LogP contribution in [-0.4, -0.2) is 37.7 Å². The lowest BCUT2D eigenvalue weighted by atomic mass is 10.4. The Kier molecular flexibility index (Phi) is 4.02. The summed E-state index contributed by atoms with van der Waals surface area (Å²) in [6.45, 7) is 2.05. The molecule has 1 aromatic rings. The molecule has 0 aliphatic carbocycles. The van der Waals surface area contributed by atoms with Gasteiger partial charge in [-0.1, -0.05) is 0 Å². The summed E-state index contributed by atoms with van der Waals surface area (Å²) < 4.78 is 24.5. The van der Waals surface area contributed by atoms with Gasteiger partial charge in [0, 0.05) is 18.3 Å². The number of aryl methyl sites for hydroxylation is 1. The topological polar surface area (TPSA) is 110 Å². The summed E-state index contributed by atoms with van der Waals surface area (Å²) in [7, 11) is -1.82. The van der Waals surface area contributed by atoms with Gasteiger partial charge in [0.15, 0.2) is 0 Å². The second-order valence-corrected chi connectivity index (χ2v) is 5.25. The Morgan fingerprint density at radius 1 is 1.44 bits per heavy atom. The molecule has 1 heterocycles. The van der Waals surface area contributed by atoms with Crippen LogP contribution >= 0.6 is 0 Å². The van der Waals surface area contributed by atoms with Crippen molar-refractivity contribution in [1.29, 1.82) is 0 Å². The number of sulfonamides is 1. The van der Waals surface area contributed by atoms with Crippen molar-refractivity contribution in [3.8, 4) is 0 Å². The zero-order valence-electron chi connectivity index (χ0n) is 9.19. The maximum absolute atomic E-state index is 11.1. The Hall–Kier alpha value is -1.41. The smallest absolute Gasteiger partial charge is 0.222 e. The van der Waals surface area contributed by atoms with Crippen molar-refractivity contribution in [2.45, 2.75) is 6.92 Å². The van der Waals surface area contributed by atoms with Crippen LogP contribution < -0.4 is 15.8 Å². The number of nitrogens with two attached hydrogens (primary N) is 1. The molecule has 0 aliphatic heterocycles. The highest BCUT2D eigenvalue weighted by Gasteiger charge is 2.06. The van der Waals surface area contributed by atoms with E-state index in [1.807, 2.05) is 0 Å². The molecule has 16 heavy (non-hydrogen) atoms. The molecule has 4 N–H and O–H groups in total. The van der Waals surface area contributed by atoms with Gasteiger partial charge in [-0.05, 0) is 14.0 Å². The van der Waals surface area contributed by atoms with E-state index in [2.05, 4.69) is 20.0 Å². The molecule has 0 atom stereocenters. The molecule has 1 rings (SSSR count). The number of hydrogen-bond donors (Lipinski definition) is 3. The number of nitrogens with zero attached hydrogens (tertiary/aromatic N) is 2. The first-order valence-corrected chi connectivity index (χ1v) is 6.34. The second-order valence-electron chi connectivity index (χ2n) is 3.20. The molecule has 0 aliphatic rings. The zero-order chi connectivity index (χ0) is 12.2. The molecule has 0 aromatic carbocycles. The third-order valence-corrected chi connectivity index (χ3v) is 3.22. The van der Waals surface area contributed by atoms with Crippen molar-refractivity contribution in [2.24, 2.45) is 0 Å². The van der Waals surface area contributed by atoms with Crippen LogP contribution in [0.5, 0.6) is 0 Å². The predicted octanol–water partition coefficient (Wildman–Crippen LogP) is -0.672. The SMILES string of the molecule is CNS(=O)(=O)CCNc1cc(C)nc(N)n1. The molecule has 0 unspecified atom stereocenters. The van der Waals surface area contributed by atoms with E-state index in [1.54, 1.807) is 13.0 Å². The second kappa shape index (κ2) is 5.08. The average molecular weight is 245 g/mol. The van der Waals surface area contributed by atoms with E-state index in [0.29, 0.717) is 5.82 Å². The monoisotopic (exact) mass is 245 g/mol. The third-order valence-electron chi connectivity index (χ3n) is 1.86. The average Bonchev–Trinajstić information content (AvgIpc) is 2.16. The Labute approximate surface area is 94.5 Å². The quantitative estimate of drug-likeness (QED) is 0.634. The number of aromatic nitrogens is 2. The van der Waals surface area contributed by atoms with Crippen molar-refractivity contribution in [3.63, 3.8) is 0 Å². The molecule has 8 heteroatoms. The number of nitrogens with one attached hydrogen (secondary N) is 2. The van der Waals surface area contributed by atoms with Crippen molar-refractivity contribution in [3.05, 3.63) is 11.8 Å². The summed E-state index contributed by atoms with van der Waals surface area (Å²) in [6.07, 6.45) is 0. The minimum Gasteiger partial charge on any atom is -0.369 e. The van der Waals surface area contributed by atoms with Crippen LogP contribution in [0, 0.1) is 6.92 Å². The minimum absolute atomic E-state index is 0.0214. The van der Waals surface area contributed by atoms with Crippen LogP contribution in [0.4, 0.5) is 11.8 Å². The van der Waals surface area contributed by atoms with Gasteiger partial charge in [0.2, 0.25) is 16.0 Å². The van der Waals surface area contributed by atoms with E-state index >= 15 is 0 Å². The molecule has 0 radical (unpaired) electrons. The van der Waals surface area contributed by atoms with Crippen LogP contribution in [0.1, 0.15) is 5.69 Å². The molecule has 0 bridgehead atoms. The van der Waals surface area contributed by atoms with Crippen molar-refractivity contribution in [2.75, 3.05) is 30.4 Å². The van der Waals surface area contributed by atoms with E-state index in [4.69, 9.17) is 5.73 Å². The van der Waals surface area contributed by atoms with Crippen LogP contribution in [0.15, 0.2) is 6.07 Å². The van der Waals surface area contributed by atoms with Gasteiger partial charge < -0.3 is 11.1 Å². The first-order valence-electron chi connectivity index (χ1n) is 4.69. The molecule has 0 saturated carbocycles. The lowest BCUT2D eigenvalue weighted by molar-refractivity contribution is 0.588. The Morgan fingerprint density at radius 3 is 2.69 bits per heavy atom. The molecule has 90 valence electrons. The lowest BCUT2D eigenvalue weighted by Crippen LogP contribution is -2.26. The summed E-state index contributed by atoms with van der Waals surface area (Å²) in [5.74, 6) is 0.669. The molecule has 0 fully saturated rings. The van der Waals surface area contributed by atoms with Crippen molar-refractivity contribution in [1.82, 2.24) is 14.7 Å². The maximum atomic E-state index is 11.1. The largest absolute Gasteiger partial charge is 0.369 e. The van der Waals surface area contributed by atoms with Gasteiger partial charge in [0.05, 0.1) is 5.75 Å². The predicted molar refractivity (Wildman–Crippen MR) is 62.5 cm³/mol. The first kappa shape index (κ1) is 12.7.